The van der Waals surface area contributed by atoms with Crippen molar-refractivity contribution in [1.82, 2.24) is 5.16 Å². The standard InChI is InChI=1S/C12H12FNO2S/c1-9-5-12(14-16-9)8-17(15)7-10-3-2-4-11(13)6-10/h2-6H,7-8H2,1H3/t17-/m0/s1. The molecule has 90 valence electrons. The van der Waals surface area contributed by atoms with Crippen LogP contribution in [0.1, 0.15) is 17.0 Å². The first-order valence-corrected chi connectivity index (χ1v) is 6.64. The zero-order valence-corrected chi connectivity index (χ0v) is 10.2. The van der Waals surface area contributed by atoms with Crippen LogP contribution in [0.2, 0.25) is 0 Å². The van der Waals surface area contributed by atoms with Crippen LogP contribution in [-0.4, -0.2) is 9.37 Å². The van der Waals surface area contributed by atoms with Crippen molar-refractivity contribution in [2.45, 2.75) is 18.4 Å². The minimum Gasteiger partial charge on any atom is -0.361 e. The first-order chi connectivity index (χ1) is 8.13. The van der Waals surface area contributed by atoms with Crippen molar-refractivity contribution in [3.8, 4) is 0 Å². The fourth-order valence-corrected chi connectivity index (χ4v) is 2.63. The summed E-state index contributed by atoms with van der Waals surface area (Å²) >= 11 is 0. The maximum Gasteiger partial charge on any atom is 0.133 e. The van der Waals surface area contributed by atoms with E-state index in [9.17, 15) is 8.60 Å². The quantitative estimate of drug-likeness (QED) is 0.841. The molecule has 0 spiro atoms. The summed E-state index contributed by atoms with van der Waals surface area (Å²) in [5.41, 5.74) is 1.39. The summed E-state index contributed by atoms with van der Waals surface area (Å²) in [5.74, 6) is 1.04. The van der Waals surface area contributed by atoms with Crippen molar-refractivity contribution in [2.24, 2.45) is 0 Å². The van der Waals surface area contributed by atoms with Crippen LogP contribution in [0.4, 0.5) is 4.39 Å². The van der Waals surface area contributed by atoms with Gasteiger partial charge in [0.1, 0.15) is 11.6 Å². The maximum atomic E-state index is 12.9. The van der Waals surface area contributed by atoms with Crippen LogP contribution >= 0.6 is 0 Å². The monoisotopic (exact) mass is 253 g/mol. The smallest absolute Gasteiger partial charge is 0.133 e. The second-order valence-corrected chi connectivity index (χ2v) is 5.24. The highest BCUT2D eigenvalue weighted by Crippen LogP contribution is 2.10. The van der Waals surface area contributed by atoms with E-state index in [0.29, 0.717) is 23.0 Å². The van der Waals surface area contributed by atoms with Gasteiger partial charge in [-0.15, -0.1) is 0 Å². The third kappa shape index (κ3) is 3.49. The molecule has 2 rings (SSSR count). The molecule has 0 amide bonds. The summed E-state index contributed by atoms with van der Waals surface area (Å²) in [6.45, 7) is 1.78. The number of rotatable bonds is 4. The number of benzene rings is 1. The third-order valence-corrected chi connectivity index (χ3v) is 3.48. The molecule has 17 heavy (non-hydrogen) atoms. The summed E-state index contributed by atoms with van der Waals surface area (Å²) in [5, 5.41) is 3.77. The normalized spacial score (nSPS) is 12.6. The molecule has 1 aromatic heterocycles. The third-order valence-electron chi connectivity index (χ3n) is 2.20. The van der Waals surface area contributed by atoms with Crippen LogP contribution in [0.5, 0.6) is 0 Å². The van der Waals surface area contributed by atoms with E-state index < -0.39 is 10.8 Å². The van der Waals surface area contributed by atoms with E-state index in [0.717, 1.165) is 5.56 Å². The van der Waals surface area contributed by atoms with Gasteiger partial charge in [-0.2, -0.15) is 0 Å². The number of hydrogen-bond acceptors (Lipinski definition) is 3. The zero-order valence-electron chi connectivity index (χ0n) is 9.35. The van der Waals surface area contributed by atoms with E-state index >= 15 is 0 Å². The van der Waals surface area contributed by atoms with Gasteiger partial charge in [-0.25, -0.2) is 4.39 Å². The van der Waals surface area contributed by atoms with Gasteiger partial charge in [-0.3, -0.25) is 4.21 Å². The Morgan fingerprint density at radius 1 is 1.35 bits per heavy atom. The van der Waals surface area contributed by atoms with Gasteiger partial charge in [-0.05, 0) is 24.6 Å². The molecule has 0 radical (unpaired) electrons. The van der Waals surface area contributed by atoms with E-state index in [1.807, 2.05) is 0 Å². The van der Waals surface area contributed by atoms with Crippen molar-refractivity contribution in [2.75, 3.05) is 0 Å². The fourth-order valence-electron chi connectivity index (χ4n) is 1.51. The SMILES string of the molecule is Cc1cc(C[S@@](=O)Cc2cccc(F)c2)no1. The summed E-state index contributed by atoms with van der Waals surface area (Å²) in [6, 6.07) is 7.89. The van der Waals surface area contributed by atoms with Crippen molar-refractivity contribution >= 4 is 10.8 Å². The van der Waals surface area contributed by atoms with E-state index in [-0.39, 0.29) is 5.82 Å². The topological polar surface area (TPSA) is 43.1 Å². The first-order valence-electron chi connectivity index (χ1n) is 5.15. The molecule has 2 aromatic rings. The average molecular weight is 253 g/mol. The predicted molar refractivity (Wildman–Crippen MR) is 63.2 cm³/mol. The number of nitrogens with zero attached hydrogens (tertiary/aromatic N) is 1. The average Bonchev–Trinajstić information content (AvgIpc) is 2.63. The van der Waals surface area contributed by atoms with Crippen LogP contribution in [0.3, 0.4) is 0 Å². The van der Waals surface area contributed by atoms with Gasteiger partial charge in [0.15, 0.2) is 0 Å². The molecule has 0 aliphatic carbocycles. The highest BCUT2D eigenvalue weighted by Gasteiger charge is 2.07. The summed E-state index contributed by atoms with van der Waals surface area (Å²) < 4.78 is 29.6. The molecule has 1 heterocycles. The lowest BCUT2D eigenvalue weighted by Crippen LogP contribution is -2.00. The van der Waals surface area contributed by atoms with E-state index in [4.69, 9.17) is 4.52 Å². The van der Waals surface area contributed by atoms with Gasteiger partial charge in [0, 0.05) is 22.6 Å². The molecule has 1 atom stereocenters. The van der Waals surface area contributed by atoms with Crippen LogP contribution in [-0.2, 0) is 22.3 Å². The Kier molecular flexibility index (Phi) is 3.68. The predicted octanol–water partition coefficient (Wildman–Crippen LogP) is 2.57. The van der Waals surface area contributed by atoms with Crippen molar-refractivity contribution in [1.29, 1.82) is 0 Å². The summed E-state index contributed by atoms with van der Waals surface area (Å²) in [7, 11) is -1.11. The lowest BCUT2D eigenvalue weighted by atomic mass is 10.2. The van der Waals surface area contributed by atoms with Crippen molar-refractivity contribution in [3.05, 3.63) is 53.2 Å². The second kappa shape index (κ2) is 5.23. The molecular weight excluding hydrogens is 241 g/mol. The molecule has 0 aliphatic heterocycles. The van der Waals surface area contributed by atoms with Crippen LogP contribution in [0, 0.1) is 12.7 Å². The molecule has 0 N–H and O–H groups in total. The minimum absolute atomic E-state index is 0.309. The Balaban J connectivity index is 1.98. The molecule has 0 bridgehead atoms. The Morgan fingerprint density at radius 3 is 2.82 bits per heavy atom. The maximum absolute atomic E-state index is 12.9. The number of hydrogen-bond donors (Lipinski definition) is 0. The number of halogens is 1. The molecule has 0 saturated heterocycles. The summed E-state index contributed by atoms with van der Waals surface area (Å²) in [4.78, 5) is 0. The van der Waals surface area contributed by atoms with Gasteiger partial charge >= 0.3 is 0 Å². The molecular formula is C12H12FNO2S. The molecule has 0 unspecified atom stereocenters. The Morgan fingerprint density at radius 2 is 2.18 bits per heavy atom. The lowest BCUT2D eigenvalue weighted by Gasteiger charge is -2.00. The molecule has 0 saturated carbocycles. The van der Waals surface area contributed by atoms with Crippen LogP contribution in [0.15, 0.2) is 34.9 Å². The minimum atomic E-state index is -1.11. The Labute approximate surface area is 101 Å². The van der Waals surface area contributed by atoms with Gasteiger partial charge in [0.05, 0.1) is 11.4 Å². The lowest BCUT2D eigenvalue weighted by molar-refractivity contribution is 0.392. The van der Waals surface area contributed by atoms with Gasteiger partial charge in [-0.1, -0.05) is 17.3 Å². The molecule has 0 aliphatic rings. The summed E-state index contributed by atoms with van der Waals surface area (Å²) in [6.07, 6.45) is 0. The largest absolute Gasteiger partial charge is 0.361 e. The molecule has 0 fully saturated rings. The zero-order chi connectivity index (χ0) is 12.3. The molecule has 5 heteroatoms. The van der Waals surface area contributed by atoms with Gasteiger partial charge < -0.3 is 4.52 Å². The van der Waals surface area contributed by atoms with Crippen molar-refractivity contribution < 1.29 is 13.1 Å². The molecule has 3 nitrogen and oxygen atoms in total. The Hall–Kier alpha value is -1.49. The van der Waals surface area contributed by atoms with Crippen molar-refractivity contribution in [3.63, 3.8) is 0 Å². The highest BCUT2D eigenvalue weighted by molar-refractivity contribution is 7.83. The van der Waals surface area contributed by atoms with E-state index in [1.54, 1.807) is 25.1 Å². The van der Waals surface area contributed by atoms with Crippen LogP contribution < -0.4 is 0 Å². The van der Waals surface area contributed by atoms with Gasteiger partial charge in [0.2, 0.25) is 0 Å². The number of aryl methyl sites for hydroxylation is 1. The second-order valence-electron chi connectivity index (χ2n) is 3.79. The highest BCUT2D eigenvalue weighted by atomic mass is 32.2. The van der Waals surface area contributed by atoms with Crippen LogP contribution in [0.25, 0.3) is 0 Å². The fraction of sp³-hybridized carbons (Fsp3) is 0.250. The Bertz CT molecular complexity index is 539. The first kappa shape index (κ1) is 12.0. The van der Waals surface area contributed by atoms with Gasteiger partial charge in [0.25, 0.3) is 0 Å². The molecule has 1 aromatic carbocycles. The van der Waals surface area contributed by atoms with E-state index in [1.165, 1.54) is 12.1 Å². The number of aromatic nitrogens is 1. The van der Waals surface area contributed by atoms with E-state index in [2.05, 4.69) is 5.16 Å².